The number of nitrogens with two attached hydrogens (primary N) is 1. The molecule has 96 valence electrons. The fourth-order valence-electron chi connectivity index (χ4n) is 2.36. The lowest BCUT2D eigenvalue weighted by atomic mass is 9.99. The zero-order valence-electron chi connectivity index (χ0n) is 9.80. The van der Waals surface area contributed by atoms with E-state index >= 15 is 0 Å². The van der Waals surface area contributed by atoms with Crippen LogP contribution < -0.4 is 11.3 Å². The molecule has 1 fully saturated rings. The molecule has 0 spiro atoms. The van der Waals surface area contributed by atoms with Crippen LogP contribution >= 0.6 is 11.5 Å². The minimum atomic E-state index is 0.248. The first-order chi connectivity index (χ1) is 8.35. The highest BCUT2D eigenvalue weighted by Crippen LogP contribution is 2.24. The van der Waals surface area contributed by atoms with Crippen molar-refractivity contribution in [3.05, 3.63) is 5.69 Å². The van der Waals surface area contributed by atoms with Crippen molar-refractivity contribution < 1.29 is 5.11 Å². The molecule has 0 amide bonds. The van der Waals surface area contributed by atoms with Gasteiger partial charge in [0.05, 0.1) is 0 Å². The summed E-state index contributed by atoms with van der Waals surface area (Å²) >= 11 is 1.28. The second-order valence-electron chi connectivity index (χ2n) is 4.33. The Morgan fingerprint density at radius 1 is 1.53 bits per heavy atom. The van der Waals surface area contributed by atoms with Gasteiger partial charge in [0.2, 0.25) is 0 Å². The maximum absolute atomic E-state index is 9.08. The summed E-state index contributed by atoms with van der Waals surface area (Å²) in [5, 5.41) is 14.0. The Kier molecular flexibility index (Phi) is 4.66. The number of aliphatic hydroxyl groups excluding tert-OH is 1. The first kappa shape index (κ1) is 12.7. The number of aliphatic hydroxyl groups is 1. The zero-order valence-corrected chi connectivity index (χ0v) is 10.6. The summed E-state index contributed by atoms with van der Waals surface area (Å²) in [6.07, 6.45) is 4.45. The predicted molar refractivity (Wildman–Crippen MR) is 67.5 cm³/mol. The molecular weight excluding hydrogens is 238 g/mol. The first-order valence-electron chi connectivity index (χ1n) is 5.98. The molecule has 0 saturated carbocycles. The Bertz CT molecular complexity index is 343. The lowest BCUT2D eigenvalue weighted by Gasteiger charge is -2.35. The molecule has 6 nitrogen and oxygen atoms in total. The van der Waals surface area contributed by atoms with Gasteiger partial charge in [-0.25, -0.2) is 5.84 Å². The molecule has 0 aliphatic carbocycles. The van der Waals surface area contributed by atoms with Gasteiger partial charge in [0.15, 0.2) is 0 Å². The van der Waals surface area contributed by atoms with Crippen LogP contribution in [0, 0.1) is 0 Å². The Morgan fingerprint density at radius 2 is 2.41 bits per heavy atom. The fourth-order valence-corrected chi connectivity index (χ4v) is 2.84. The summed E-state index contributed by atoms with van der Waals surface area (Å²) in [6.45, 7) is 2.07. The van der Waals surface area contributed by atoms with Crippen LogP contribution in [0.1, 0.15) is 31.4 Å². The Morgan fingerprint density at radius 3 is 3.18 bits per heavy atom. The maximum atomic E-state index is 9.08. The molecule has 1 unspecified atom stereocenters. The number of hydrogen-bond donors (Lipinski definition) is 3. The van der Waals surface area contributed by atoms with Gasteiger partial charge < -0.3 is 10.5 Å². The average Bonchev–Trinajstić information content (AvgIpc) is 2.79. The van der Waals surface area contributed by atoms with Crippen molar-refractivity contribution in [3.8, 4) is 0 Å². The standard InChI is InChI=1S/C10H19N5OS/c11-12-10-9(13-14-17-10)7-15-5-2-1-3-8(15)4-6-16/h8,12,16H,1-7,11H2. The number of hydrogen-bond acceptors (Lipinski definition) is 7. The van der Waals surface area contributed by atoms with E-state index in [0.29, 0.717) is 6.04 Å². The molecule has 1 aliphatic heterocycles. The molecule has 1 atom stereocenters. The molecule has 1 saturated heterocycles. The zero-order chi connectivity index (χ0) is 12.1. The second-order valence-corrected chi connectivity index (χ2v) is 5.08. The molecule has 0 bridgehead atoms. The molecule has 2 heterocycles. The van der Waals surface area contributed by atoms with Gasteiger partial charge in [0.1, 0.15) is 10.7 Å². The molecule has 1 aromatic rings. The second kappa shape index (κ2) is 6.25. The molecule has 4 N–H and O–H groups in total. The van der Waals surface area contributed by atoms with E-state index in [1.807, 2.05) is 0 Å². The smallest absolute Gasteiger partial charge is 0.148 e. The molecular formula is C10H19N5OS. The van der Waals surface area contributed by atoms with Crippen LogP contribution in [0.5, 0.6) is 0 Å². The number of hydrazine groups is 1. The van der Waals surface area contributed by atoms with Crippen LogP contribution in [-0.4, -0.2) is 38.8 Å². The number of piperidine rings is 1. The summed E-state index contributed by atoms with van der Waals surface area (Å²) in [5.74, 6) is 5.42. The van der Waals surface area contributed by atoms with E-state index in [9.17, 15) is 0 Å². The third kappa shape index (κ3) is 3.12. The van der Waals surface area contributed by atoms with E-state index in [-0.39, 0.29) is 6.61 Å². The molecule has 0 radical (unpaired) electrons. The van der Waals surface area contributed by atoms with Crippen molar-refractivity contribution in [2.75, 3.05) is 18.6 Å². The van der Waals surface area contributed by atoms with Gasteiger partial charge in [-0.1, -0.05) is 10.9 Å². The summed E-state index contributed by atoms with van der Waals surface area (Å²) in [7, 11) is 0. The van der Waals surface area contributed by atoms with Crippen molar-refractivity contribution in [1.82, 2.24) is 14.5 Å². The molecule has 2 rings (SSSR count). The number of likely N-dealkylation sites (tertiary alicyclic amines) is 1. The minimum Gasteiger partial charge on any atom is -0.396 e. The molecule has 1 aliphatic rings. The Balaban J connectivity index is 2.00. The van der Waals surface area contributed by atoms with Crippen molar-refractivity contribution in [1.29, 1.82) is 0 Å². The van der Waals surface area contributed by atoms with Gasteiger partial charge in [0, 0.05) is 30.7 Å². The summed E-state index contributed by atoms with van der Waals surface area (Å²) in [5.41, 5.74) is 3.53. The van der Waals surface area contributed by atoms with Crippen LogP contribution in [0.4, 0.5) is 5.00 Å². The van der Waals surface area contributed by atoms with Crippen molar-refractivity contribution >= 4 is 16.5 Å². The summed E-state index contributed by atoms with van der Waals surface area (Å²) < 4.78 is 3.90. The fraction of sp³-hybridized carbons (Fsp3) is 0.800. The van der Waals surface area contributed by atoms with Crippen molar-refractivity contribution in [2.45, 2.75) is 38.3 Å². The van der Waals surface area contributed by atoms with Gasteiger partial charge in [-0.05, 0) is 25.8 Å². The van der Waals surface area contributed by atoms with Crippen molar-refractivity contribution in [3.63, 3.8) is 0 Å². The van der Waals surface area contributed by atoms with Crippen LogP contribution in [-0.2, 0) is 6.54 Å². The van der Waals surface area contributed by atoms with Crippen molar-refractivity contribution in [2.24, 2.45) is 5.84 Å². The van der Waals surface area contributed by atoms with Gasteiger partial charge >= 0.3 is 0 Å². The largest absolute Gasteiger partial charge is 0.396 e. The average molecular weight is 257 g/mol. The monoisotopic (exact) mass is 257 g/mol. The van der Waals surface area contributed by atoms with Gasteiger partial charge in [-0.3, -0.25) is 4.90 Å². The van der Waals surface area contributed by atoms with Crippen LogP contribution in [0.2, 0.25) is 0 Å². The topological polar surface area (TPSA) is 87.3 Å². The van der Waals surface area contributed by atoms with Crippen LogP contribution in [0.25, 0.3) is 0 Å². The predicted octanol–water partition coefficient (Wildman–Crippen LogP) is 0.561. The van der Waals surface area contributed by atoms with E-state index in [4.69, 9.17) is 10.9 Å². The SMILES string of the molecule is NNc1snnc1CN1CCCCC1CCO. The molecule has 0 aromatic carbocycles. The van der Waals surface area contributed by atoms with E-state index in [0.717, 1.165) is 36.6 Å². The third-order valence-corrected chi connectivity index (χ3v) is 3.95. The minimum absolute atomic E-state index is 0.248. The van der Waals surface area contributed by atoms with E-state index in [2.05, 4.69) is 19.9 Å². The van der Waals surface area contributed by atoms with E-state index in [1.165, 1.54) is 24.4 Å². The number of aromatic nitrogens is 2. The summed E-state index contributed by atoms with van der Waals surface area (Å²) in [6, 6.07) is 0.459. The first-order valence-corrected chi connectivity index (χ1v) is 6.75. The number of anilines is 1. The highest BCUT2D eigenvalue weighted by atomic mass is 32.1. The van der Waals surface area contributed by atoms with E-state index in [1.54, 1.807) is 0 Å². The Hall–Kier alpha value is -0.760. The highest BCUT2D eigenvalue weighted by molar-refractivity contribution is 7.10. The molecule has 1 aromatic heterocycles. The number of nitrogen functional groups attached to an aromatic ring is 1. The normalized spacial score (nSPS) is 21.6. The lowest BCUT2D eigenvalue weighted by Crippen LogP contribution is -2.39. The highest BCUT2D eigenvalue weighted by Gasteiger charge is 2.23. The maximum Gasteiger partial charge on any atom is 0.148 e. The van der Waals surface area contributed by atoms with Crippen LogP contribution in [0.3, 0.4) is 0 Å². The Labute approximate surface area is 105 Å². The molecule has 7 heteroatoms. The number of nitrogens with zero attached hydrogens (tertiary/aromatic N) is 3. The quantitative estimate of drug-likeness (QED) is 0.528. The number of rotatable bonds is 5. The van der Waals surface area contributed by atoms with Crippen LogP contribution in [0.15, 0.2) is 0 Å². The summed E-state index contributed by atoms with van der Waals surface area (Å²) in [4.78, 5) is 2.37. The van der Waals surface area contributed by atoms with Gasteiger partial charge in [0.25, 0.3) is 0 Å². The third-order valence-electron chi connectivity index (χ3n) is 3.25. The molecule has 17 heavy (non-hydrogen) atoms. The lowest BCUT2D eigenvalue weighted by molar-refractivity contribution is 0.111. The number of nitrogens with one attached hydrogen (secondary N) is 1. The van der Waals surface area contributed by atoms with Gasteiger partial charge in [-0.15, -0.1) is 5.10 Å². The van der Waals surface area contributed by atoms with Gasteiger partial charge in [-0.2, -0.15) is 0 Å². The van der Waals surface area contributed by atoms with E-state index < -0.39 is 0 Å².